The fraction of sp³-hybridized carbons (Fsp3) is 0.818. The molecule has 0 fully saturated rings. The molecule has 0 aliphatic heterocycles. The quantitative estimate of drug-likeness (QED) is 0.166. The van der Waals surface area contributed by atoms with Crippen molar-refractivity contribution < 1.29 is 19.1 Å². The first-order chi connectivity index (χ1) is 12.7. The van der Waals surface area contributed by atoms with Crippen molar-refractivity contribution in [3.05, 3.63) is 12.2 Å². The molecule has 0 radical (unpaired) electrons. The number of ether oxygens (including phenoxy) is 2. The molecule has 0 amide bonds. The molecule has 0 aliphatic carbocycles. The average Bonchev–Trinajstić information content (AvgIpc) is 2.66. The monoisotopic (exact) mass is 368 g/mol. The molecule has 0 aromatic heterocycles. The lowest BCUT2D eigenvalue weighted by atomic mass is 10.0. The molecule has 0 heterocycles. The summed E-state index contributed by atoms with van der Waals surface area (Å²) in [5.41, 5.74) is 0. The molecule has 0 bridgehead atoms. The first-order valence-corrected chi connectivity index (χ1v) is 10.5. The summed E-state index contributed by atoms with van der Waals surface area (Å²) in [5, 5.41) is 0. The molecule has 4 heteroatoms. The van der Waals surface area contributed by atoms with Gasteiger partial charge in [0.15, 0.2) is 0 Å². The van der Waals surface area contributed by atoms with Crippen molar-refractivity contribution in [1.82, 2.24) is 0 Å². The smallest absolute Gasteiger partial charge is 0.305 e. The lowest BCUT2D eigenvalue weighted by Crippen LogP contribution is -1.99. The van der Waals surface area contributed by atoms with Crippen LogP contribution >= 0.6 is 0 Å². The summed E-state index contributed by atoms with van der Waals surface area (Å²) in [6, 6.07) is 0. The SMILES string of the molecule is COC(=O)CCC/C=C/CCCCCCCCCCCCCC(=O)OC. The fourth-order valence-corrected chi connectivity index (χ4v) is 2.93. The second-order valence-electron chi connectivity index (χ2n) is 6.94. The largest absolute Gasteiger partial charge is 0.469 e. The molecule has 0 spiro atoms. The summed E-state index contributed by atoms with van der Waals surface area (Å²) in [5.74, 6) is -0.198. The van der Waals surface area contributed by atoms with E-state index in [0.29, 0.717) is 12.8 Å². The van der Waals surface area contributed by atoms with Crippen LogP contribution in [0.5, 0.6) is 0 Å². The second-order valence-corrected chi connectivity index (χ2v) is 6.94. The van der Waals surface area contributed by atoms with E-state index in [9.17, 15) is 9.59 Å². The van der Waals surface area contributed by atoms with Gasteiger partial charge in [-0.05, 0) is 32.1 Å². The molecule has 26 heavy (non-hydrogen) atoms. The van der Waals surface area contributed by atoms with Crippen molar-refractivity contribution >= 4 is 11.9 Å². The molecule has 0 unspecified atom stereocenters. The van der Waals surface area contributed by atoms with E-state index in [1.165, 1.54) is 72.0 Å². The van der Waals surface area contributed by atoms with Gasteiger partial charge in [0.1, 0.15) is 0 Å². The predicted octanol–water partition coefficient (Wildman–Crippen LogP) is 6.13. The summed E-state index contributed by atoms with van der Waals surface area (Å²) in [4.78, 5) is 21.9. The molecule has 0 aromatic rings. The minimum atomic E-state index is -0.114. The minimum Gasteiger partial charge on any atom is -0.469 e. The topological polar surface area (TPSA) is 52.6 Å². The van der Waals surface area contributed by atoms with Crippen LogP contribution in [0.15, 0.2) is 12.2 Å². The van der Waals surface area contributed by atoms with Gasteiger partial charge in [-0.3, -0.25) is 9.59 Å². The van der Waals surface area contributed by atoms with Crippen molar-refractivity contribution in [3.63, 3.8) is 0 Å². The lowest BCUT2D eigenvalue weighted by Gasteiger charge is -2.02. The summed E-state index contributed by atoms with van der Waals surface area (Å²) in [6.07, 6.45) is 22.5. The Bertz CT molecular complexity index is 363. The Labute approximate surface area is 160 Å². The highest BCUT2D eigenvalue weighted by Gasteiger charge is 1.99. The second kappa shape index (κ2) is 20.0. The Morgan fingerprint density at radius 1 is 0.538 bits per heavy atom. The maximum atomic E-state index is 11.0. The van der Waals surface area contributed by atoms with Gasteiger partial charge in [-0.2, -0.15) is 0 Å². The summed E-state index contributed by atoms with van der Waals surface area (Å²) >= 11 is 0. The summed E-state index contributed by atoms with van der Waals surface area (Å²) in [7, 11) is 2.89. The van der Waals surface area contributed by atoms with Crippen molar-refractivity contribution in [3.8, 4) is 0 Å². The highest BCUT2D eigenvalue weighted by atomic mass is 16.5. The number of carbonyl (C=O) groups is 2. The number of rotatable bonds is 18. The average molecular weight is 369 g/mol. The highest BCUT2D eigenvalue weighted by molar-refractivity contribution is 5.69. The Balaban J connectivity index is 3.13. The van der Waals surface area contributed by atoms with E-state index in [-0.39, 0.29) is 11.9 Å². The van der Waals surface area contributed by atoms with Gasteiger partial charge in [0.05, 0.1) is 14.2 Å². The van der Waals surface area contributed by atoms with E-state index >= 15 is 0 Å². The minimum absolute atomic E-state index is 0.0842. The third-order valence-electron chi connectivity index (χ3n) is 4.63. The van der Waals surface area contributed by atoms with E-state index in [2.05, 4.69) is 21.6 Å². The molecule has 0 saturated carbocycles. The van der Waals surface area contributed by atoms with E-state index in [1.807, 2.05) is 0 Å². The van der Waals surface area contributed by atoms with Crippen LogP contribution in [-0.2, 0) is 19.1 Å². The fourth-order valence-electron chi connectivity index (χ4n) is 2.93. The van der Waals surface area contributed by atoms with Gasteiger partial charge in [-0.1, -0.05) is 69.9 Å². The van der Waals surface area contributed by atoms with Crippen LogP contribution < -0.4 is 0 Å². The summed E-state index contributed by atoms with van der Waals surface area (Å²) < 4.78 is 9.25. The molecule has 0 saturated heterocycles. The number of hydrogen-bond acceptors (Lipinski definition) is 4. The number of esters is 2. The molecule has 0 aliphatic rings. The maximum Gasteiger partial charge on any atom is 0.305 e. The predicted molar refractivity (Wildman–Crippen MR) is 107 cm³/mol. The first-order valence-electron chi connectivity index (χ1n) is 10.5. The van der Waals surface area contributed by atoms with Gasteiger partial charge in [0.2, 0.25) is 0 Å². The maximum absolute atomic E-state index is 11.0. The molecule has 0 aromatic carbocycles. The highest BCUT2D eigenvalue weighted by Crippen LogP contribution is 2.13. The number of carbonyl (C=O) groups excluding carboxylic acids is 2. The molecule has 0 rings (SSSR count). The normalized spacial score (nSPS) is 11.0. The third-order valence-corrected chi connectivity index (χ3v) is 4.63. The van der Waals surface area contributed by atoms with Crippen LogP contribution in [0.3, 0.4) is 0 Å². The molecule has 152 valence electrons. The standard InChI is InChI=1S/C22H40O4/c1-25-21(23)19-17-15-13-11-9-7-5-3-4-6-8-10-12-14-16-18-20-22(24)26-2/h11,13H,3-10,12,14-20H2,1-2H3/b13-11+. The van der Waals surface area contributed by atoms with Crippen LogP contribution in [0.2, 0.25) is 0 Å². The zero-order chi connectivity index (χ0) is 19.3. The number of allylic oxidation sites excluding steroid dienone is 2. The van der Waals surface area contributed by atoms with Crippen LogP contribution in [0.1, 0.15) is 103 Å². The van der Waals surface area contributed by atoms with Crippen molar-refractivity contribution in [1.29, 1.82) is 0 Å². The Morgan fingerprint density at radius 3 is 1.35 bits per heavy atom. The van der Waals surface area contributed by atoms with Crippen LogP contribution in [-0.4, -0.2) is 26.2 Å². The van der Waals surface area contributed by atoms with Gasteiger partial charge in [0, 0.05) is 12.8 Å². The van der Waals surface area contributed by atoms with E-state index < -0.39 is 0 Å². The number of methoxy groups -OCH3 is 2. The molecular weight excluding hydrogens is 328 g/mol. The van der Waals surface area contributed by atoms with Gasteiger partial charge in [-0.15, -0.1) is 0 Å². The Hall–Kier alpha value is -1.32. The van der Waals surface area contributed by atoms with Crippen LogP contribution in [0, 0.1) is 0 Å². The van der Waals surface area contributed by atoms with Gasteiger partial charge >= 0.3 is 11.9 Å². The van der Waals surface area contributed by atoms with E-state index in [4.69, 9.17) is 0 Å². The summed E-state index contributed by atoms with van der Waals surface area (Å²) in [6.45, 7) is 0. The lowest BCUT2D eigenvalue weighted by molar-refractivity contribution is -0.141. The zero-order valence-electron chi connectivity index (χ0n) is 17.1. The first kappa shape index (κ1) is 24.7. The number of unbranched alkanes of at least 4 members (excludes halogenated alkanes) is 12. The van der Waals surface area contributed by atoms with E-state index in [1.54, 1.807) is 0 Å². The third kappa shape index (κ3) is 19.0. The van der Waals surface area contributed by atoms with Crippen molar-refractivity contribution in [2.45, 2.75) is 103 Å². The van der Waals surface area contributed by atoms with Crippen LogP contribution in [0.4, 0.5) is 0 Å². The number of hydrogen-bond donors (Lipinski definition) is 0. The van der Waals surface area contributed by atoms with Crippen LogP contribution in [0.25, 0.3) is 0 Å². The zero-order valence-corrected chi connectivity index (χ0v) is 17.1. The van der Waals surface area contributed by atoms with Gasteiger partial charge < -0.3 is 9.47 Å². The molecule has 4 nitrogen and oxygen atoms in total. The Kier molecular flexibility index (Phi) is 19.0. The van der Waals surface area contributed by atoms with Crippen molar-refractivity contribution in [2.24, 2.45) is 0 Å². The van der Waals surface area contributed by atoms with Gasteiger partial charge in [-0.25, -0.2) is 0 Å². The molecular formula is C22H40O4. The van der Waals surface area contributed by atoms with E-state index in [0.717, 1.165) is 32.1 Å². The Morgan fingerprint density at radius 2 is 0.885 bits per heavy atom. The molecule has 0 N–H and O–H groups in total. The van der Waals surface area contributed by atoms with Crippen molar-refractivity contribution in [2.75, 3.05) is 14.2 Å². The van der Waals surface area contributed by atoms with Gasteiger partial charge in [0.25, 0.3) is 0 Å². The molecule has 0 atom stereocenters.